The first-order chi connectivity index (χ1) is 16.7. The van der Waals surface area contributed by atoms with E-state index in [1.54, 1.807) is 0 Å². The van der Waals surface area contributed by atoms with E-state index in [9.17, 15) is 0 Å². The maximum atomic E-state index is 5.63. The van der Waals surface area contributed by atoms with Gasteiger partial charge in [-0.2, -0.15) is 0 Å². The second-order valence-corrected chi connectivity index (χ2v) is 9.57. The predicted octanol–water partition coefficient (Wildman–Crippen LogP) is 4.74. The zero-order valence-corrected chi connectivity index (χ0v) is 20.1. The van der Waals surface area contributed by atoms with Crippen LogP contribution in [0.1, 0.15) is 25.7 Å². The van der Waals surface area contributed by atoms with Gasteiger partial charge in [-0.25, -0.2) is 15.0 Å². The third-order valence-electron chi connectivity index (χ3n) is 7.24. The van der Waals surface area contributed by atoms with Crippen LogP contribution in [0.25, 0.3) is 21.7 Å². The Labute approximate surface area is 200 Å². The summed E-state index contributed by atoms with van der Waals surface area (Å²) in [5, 5.41) is 3.53. The van der Waals surface area contributed by atoms with Crippen molar-refractivity contribution in [1.82, 2.24) is 14.8 Å². The van der Waals surface area contributed by atoms with Crippen molar-refractivity contribution in [3.8, 4) is 0 Å². The van der Waals surface area contributed by atoms with Crippen molar-refractivity contribution >= 4 is 50.5 Å². The van der Waals surface area contributed by atoms with Crippen LogP contribution in [-0.4, -0.2) is 79.9 Å². The molecular weight excluding hydrogens is 424 g/mol. The maximum Gasteiger partial charge on any atom is 0.137 e. The normalized spacial score (nSPS) is 21.6. The van der Waals surface area contributed by atoms with E-state index >= 15 is 0 Å². The molecule has 3 aliphatic heterocycles. The first-order valence-corrected chi connectivity index (χ1v) is 12.4. The molecule has 0 atom stereocenters. The Kier molecular flexibility index (Phi) is 5.57. The molecule has 2 aromatic carbocycles. The quantitative estimate of drug-likeness (QED) is 0.533. The number of fused-ring (bicyclic) bond motifs is 3. The van der Waals surface area contributed by atoms with Crippen molar-refractivity contribution in [3.63, 3.8) is 0 Å². The minimum absolute atomic E-state index is 0.730. The average molecular weight is 457 g/mol. The van der Waals surface area contributed by atoms with Gasteiger partial charge in [0.05, 0.1) is 30.1 Å². The highest BCUT2D eigenvalue weighted by molar-refractivity contribution is 6.11. The summed E-state index contributed by atoms with van der Waals surface area (Å²) in [6, 6.07) is 13.0. The molecule has 34 heavy (non-hydrogen) atoms. The van der Waals surface area contributed by atoms with Gasteiger partial charge in [-0.3, -0.25) is 0 Å². The maximum absolute atomic E-state index is 5.63. The van der Waals surface area contributed by atoms with Crippen molar-refractivity contribution in [1.29, 1.82) is 0 Å². The van der Waals surface area contributed by atoms with E-state index in [4.69, 9.17) is 19.7 Å². The van der Waals surface area contributed by atoms with Gasteiger partial charge in [0.1, 0.15) is 17.5 Å². The smallest absolute Gasteiger partial charge is 0.137 e. The van der Waals surface area contributed by atoms with Gasteiger partial charge in [-0.1, -0.05) is 12.1 Å². The lowest BCUT2D eigenvalue weighted by atomic mass is 10.0. The Morgan fingerprint density at radius 1 is 0.735 bits per heavy atom. The predicted molar refractivity (Wildman–Crippen MR) is 140 cm³/mol. The Morgan fingerprint density at radius 3 is 1.97 bits per heavy atom. The van der Waals surface area contributed by atoms with Gasteiger partial charge in [0, 0.05) is 63.9 Å². The number of hydrogen-bond acceptors (Lipinski definition) is 5. The number of likely N-dealkylation sites (tertiary alicyclic amines) is 2. The molecule has 3 aliphatic rings. The number of aromatic nitrogens is 1. The Bertz CT molecular complexity index is 1290. The number of benzene rings is 2. The van der Waals surface area contributed by atoms with Crippen LogP contribution in [-0.2, 0) is 4.74 Å². The van der Waals surface area contributed by atoms with Gasteiger partial charge >= 0.3 is 0 Å². The summed E-state index contributed by atoms with van der Waals surface area (Å²) in [7, 11) is 4.25. The molecule has 7 heteroatoms. The standard InChI is InChI=1S/C27H32N6O/c1-31-11-3-5-25(31)28-19-7-9-21-22-10-8-20(29-26-6-4-12-32(26)2)18-24(22)30-27(23(21)17-19)33-13-15-34-16-14-33/h7-10,17-18H,3-6,11-16H2,1-2H3. The van der Waals surface area contributed by atoms with Crippen molar-refractivity contribution in [2.24, 2.45) is 9.98 Å². The van der Waals surface area contributed by atoms with Crippen molar-refractivity contribution in [3.05, 3.63) is 36.4 Å². The van der Waals surface area contributed by atoms with Crippen molar-refractivity contribution in [2.75, 3.05) is 58.4 Å². The first-order valence-electron chi connectivity index (χ1n) is 12.4. The molecule has 7 nitrogen and oxygen atoms in total. The minimum atomic E-state index is 0.730. The molecule has 0 N–H and O–H groups in total. The van der Waals surface area contributed by atoms with E-state index < -0.39 is 0 Å². The molecule has 3 saturated heterocycles. The monoisotopic (exact) mass is 456 g/mol. The SMILES string of the molecule is CN1CCCC1=Nc1ccc2c(c1)nc(N1CCOCC1)c1cc(N=C3CCCN3C)ccc12. The minimum Gasteiger partial charge on any atom is -0.378 e. The van der Waals surface area contributed by atoms with Crippen LogP contribution < -0.4 is 4.90 Å². The molecule has 0 radical (unpaired) electrons. The average Bonchev–Trinajstić information content (AvgIpc) is 3.46. The fraction of sp³-hybridized carbons (Fsp3) is 0.444. The highest BCUT2D eigenvalue weighted by Crippen LogP contribution is 2.36. The second-order valence-electron chi connectivity index (χ2n) is 9.57. The summed E-state index contributed by atoms with van der Waals surface area (Å²) < 4.78 is 5.63. The second kappa shape index (κ2) is 8.87. The lowest BCUT2D eigenvalue weighted by Crippen LogP contribution is -2.36. The van der Waals surface area contributed by atoms with E-state index in [0.717, 1.165) is 91.6 Å². The van der Waals surface area contributed by atoms with Gasteiger partial charge in [-0.05, 0) is 42.5 Å². The van der Waals surface area contributed by atoms with E-state index in [2.05, 4.69) is 65.2 Å². The molecule has 0 unspecified atom stereocenters. The fourth-order valence-corrected chi connectivity index (χ4v) is 5.29. The third-order valence-corrected chi connectivity index (χ3v) is 7.24. The van der Waals surface area contributed by atoms with Gasteiger partial charge < -0.3 is 19.4 Å². The number of hydrogen-bond donors (Lipinski definition) is 0. The number of ether oxygens (including phenoxy) is 1. The van der Waals surface area contributed by atoms with Gasteiger partial charge in [0.15, 0.2) is 0 Å². The van der Waals surface area contributed by atoms with Gasteiger partial charge in [0.25, 0.3) is 0 Å². The molecule has 0 spiro atoms. The summed E-state index contributed by atoms with van der Waals surface area (Å²) in [5.41, 5.74) is 2.97. The number of nitrogens with zero attached hydrogens (tertiary/aromatic N) is 6. The van der Waals surface area contributed by atoms with E-state index in [0.29, 0.717) is 0 Å². The zero-order chi connectivity index (χ0) is 23.1. The summed E-state index contributed by atoms with van der Waals surface area (Å²) in [5.74, 6) is 3.35. The summed E-state index contributed by atoms with van der Waals surface area (Å²) in [6.45, 7) is 5.32. The molecular formula is C27H32N6O. The Balaban J connectivity index is 1.49. The van der Waals surface area contributed by atoms with Gasteiger partial charge in [0.2, 0.25) is 0 Å². The number of rotatable bonds is 3. The summed E-state index contributed by atoms with van der Waals surface area (Å²) >= 11 is 0. The van der Waals surface area contributed by atoms with Crippen LogP contribution in [0.15, 0.2) is 46.4 Å². The van der Waals surface area contributed by atoms with Crippen molar-refractivity contribution in [2.45, 2.75) is 25.7 Å². The molecule has 0 amide bonds. The van der Waals surface area contributed by atoms with E-state index in [1.807, 2.05) is 0 Å². The molecule has 0 bridgehead atoms. The Hall–Kier alpha value is -3.19. The zero-order valence-electron chi connectivity index (χ0n) is 20.1. The van der Waals surface area contributed by atoms with Crippen LogP contribution in [0.2, 0.25) is 0 Å². The topological polar surface area (TPSA) is 56.6 Å². The lowest BCUT2D eigenvalue weighted by molar-refractivity contribution is 0.122. The molecule has 0 saturated carbocycles. The molecule has 3 aromatic rings. The number of amidine groups is 2. The molecule has 6 rings (SSSR count). The molecule has 4 heterocycles. The first kappa shape index (κ1) is 21.4. The number of pyridine rings is 1. The van der Waals surface area contributed by atoms with E-state index in [-0.39, 0.29) is 0 Å². The molecule has 176 valence electrons. The van der Waals surface area contributed by atoms with Gasteiger partial charge in [-0.15, -0.1) is 0 Å². The van der Waals surface area contributed by atoms with Crippen LogP contribution >= 0.6 is 0 Å². The molecule has 0 aliphatic carbocycles. The summed E-state index contributed by atoms with van der Waals surface area (Å²) in [6.07, 6.45) is 4.44. The number of anilines is 1. The molecule has 3 fully saturated rings. The number of aliphatic imine (C=N–C) groups is 2. The van der Waals surface area contributed by atoms with E-state index in [1.165, 1.54) is 24.1 Å². The number of morpholine rings is 1. The Morgan fingerprint density at radius 2 is 1.35 bits per heavy atom. The molecule has 1 aromatic heterocycles. The highest BCUT2D eigenvalue weighted by atomic mass is 16.5. The van der Waals surface area contributed by atoms with Crippen molar-refractivity contribution < 1.29 is 4.74 Å². The van der Waals surface area contributed by atoms with Crippen LogP contribution in [0, 0.1) is 0 Å². The lowest BCUT2D eigenvalue weighted by Gasteiger charge is -2.29. The largest absolute Gasteiger partial charge is 0.378 e. The van der Waals surface area contributed by atoms with Crippen LogP contribution in [0.3, 0.4) is 0 Å². The van der Waals surface area contributed by atoms with Crippen LogP contribution in [0.4, 0.5) is 17.2 Å². The van der Waals surface area contributed by atoms with Crippen LogP contribution in [0.5, 0.6) is 0 Å². The fourth-order valence-electron chi connectivity index (χ4n) is 5.29. The summed E-state index contributed by atoms with van der Waals surface area (Å²) in [4.78, 5) is 22.0. The highest BCUT2D eigenvalue weighted by Gasteiger charge is 2.20. The third kappa shape index (κ3) is 3.98.